The molecule has 0 heterocycles. The summed E-state index contributed by atoms with van der Waals surface area (Å²) in [5, 5.41) is 0. The predicted molar refractivity (Wildman–Crippen MR) is 66.3 cm³/mol. The number of amides is 1. The molecule has 0 saturated carbocycles. The van der Waals surface area contributed by atoms with Crippen LogP contribution in [0, 0.1) is 12.7 Å². The molecule has 1 rings (SSSR count). The molecule has 19 heavy (non-hydrogen) atoms. The van der Waals surface area contributed by atoms with Crippen LogP contribution in [0.4, 0.5) is 14.9 Å². The van der Waals surface area contributed by atoms with Crippen molar-refractivity contribution in [3.05, 3.63) is 23.5 Å². The SMILES string of the molecule is Cc1cc(F)c(S(=O)(=O)NCCOC(N)=O)cc1N. The second-order valence-electron chi connectivity index (χ2n) is 3.70. The third kappa shape index (κ3) is 4.07. The lowest BCUT2D eigenvalue weighted by atomic mass is 10.2. The Morgan fingerprint density at radius 2 is 2.11 bits per heavy atom. The Balaban J connectivity index is 2.83. The van der Waals surface area contributed by atoms with Crippen molar-refractivity contribution in [2.24, 2.45) is 5.73 Å². The molecule has 0 saturated heterocycles. The summed E-state index contributed by atoms with van der Waals surface area (Å²) >= 11 is 0. The molecule has 1 aromatic carbocycles. The molecule has 1 aromatic rings. The van der Waals surface area contributed by atoms with E-state index in [4.69, 9.17) is 11.5 Å². The molecular weight excluding hydrogens is 277 g/mol. The van der Waals surface area contributed by atoms with E-state index in [2.05, 4.69) is 9.46 Å². The zero-order valence-corrected chi connectivity index (χ0v) is 11.0. The number of hydrogen-bond donors (Lipinski definition) is 3. The number of sulfonamides is 1. The number of carbonyl (C=O) groups is 1. The highest BCUT2D eigenvalue weighted by atomic mass is 32.2. The van der Waals surface area contributed by atoms with Gasteiger partial charge in [0.05, 0.1) is 0 Å². The van der Waals surface area contributed by atoms with Crippen molar-refractivity contribution in [2.45, 2.75) is 11.8 Å². The minimum absolute atomic E-state index is 0.162. The van der Waals surface area contributed by atoms with Gasteiger partial charge < -0.3 is 16.2 Å². The van der Waals surface area contributed by atoms with Gasteiger partial charge in [-0.05, 0) is 24.6 Å². The number of rotatable bonds is 5. The molecule has 0 aliphatic rings. The van der Waals surface area contributed by atoms with Gasteiger partial charge in [0.15, 0.2) is 0 Å². The summed E-state index contributed by atoms with van der Waals surface area (Å²) in [6, 6.07) is 2.06. The average molecular weight is 291 g/mol. The van der Waals surface area contributed by atoms with Gasteiger partial charge in [0.2, 0.25) is 10.0 Å². The lowest BCUT2D eigenvalue weighted by molar-refractivity contribution is 0.159. The maximum Gasteiger partial charge on any atom is 0.404 e. The number of carbonyl (C=O) groups excluding carboxylic acids is 1. The fourth-order valence-corrected chi connectivity index (χ4v) is 2.39. The van der Waals surface area contributed by atoms with Crippen LogP contribution < -0.4 is 16.2 Å². The number of nitrogens with one attached hydrogen (secondary N) is 1. The summed E-state index contributed by atoms with van der Waals surface area (Å²) in [5.74, 6) is -0.907. The Morgan fingerprint density at radius 1 is 1.47 bits per heavy atom. The molecule has 5 N–H and O–H groups in total. The van der Waals surface area contributed by atoms with Crippen molar-refractivity contribution in [3.8, 4) is 0 Å². The summed E-state index contributed by atoms with van der Waals surface area (Å²) in [7, 11) is -4.07. The third-order valence-electron chi connectivity index (χ3n) is 2.25. The number of primary amides is 1. The average Bonchev–Trinajstić information content (AvgIpc) is 2.29. The zero-order valence-electron chi connectivity index (χ0n) is 10.1. The number of halogens is 1. The van der Waals surface area contributed by atoms with Crippen molar-refractivity contribution in [2.75, 3.05) is 18.9 Å². The first-order valence-corrected chi connectivity index (χ1v) is 6.70. The fourth-order valence-electron chi connectivity index (χ4n) is 1.28. The number of anilines is 1. The second kappa shape index (κ2) is 5.85. The fraction of sp³-hybridized carbons (Fsp3) is 0.300. The quantitative estimate of drug-likeness (QED) is 0.524. The molecule has 0 unspecified atom stereocenters. The van der Waals surface area contributed by atoms with E-state index in [1.54, 1.807) is 6.92 Å². The first-order chi connectivity index (χ1) is 8.74. The number of benzene rings is 1. The van der Waals surface area contributed by atoms with Crippen molar-refractivity contribution in [3.63, 3.8) is 0 Å². The van der Waals surface area contributed by atoms with Crippen LogP contribution in [0.25, 0.3) is 0 Å². The Bertz CT molecular complexity index is 589. The topological polar surface area (TPSA) is 125 Å². The first-order valence-electron chi connectivity index (χ1n) is 5.21. The van der Waals surface area contributed by atoms with Gasteiger partial charge in [0, 0.05) is 12.2 Å². The molecule has 7 nitrogen and oxygen atoms in total. The molecule has 0 spiro atoms. The van der Waals surface area contributed by atoms with Crippen LogP contribution in [0.5, 0.6) is 0 Å². The minimum atomic E-state index is -4.07. The van der Waals surface area contributed by atoms with Gasteiger partial charge in [-0.25, -0.2) is 22.3 Å². The van der Waals surface area contributed by atoms with E-state index in [-0.39, 0.29) is 18.8 Å². The van der Waals surface area contributed by atoms with Crippen LogP contribution in [0.3, 0.4) is 0 Å². The summed E-state index contributed by atoms with van der Waals surface area (Å²) in [4.78, 5) is 9.72. The van der Waals surface area contributed by atoms with Crippen LogP contribution in [0.2, 0.25) is 0 Å². The van der Waals surface area contributed by atoms with Crippen LogP contribution in [0.15, 0.2) is 17.0 Å². The van der Waals surface area contributed by atoms with E-state index in [0.717, 1.165) is 12.1 Å². The number of nitrogens with two attached hydrogens (primary N) is 2. The lowest BCUT2D eigenvalue weighted by Crippen LogP contribution is -2.29. The predicted octanol–water partition coefficient (Wildman–Crippen LogP) is 0.0899. The van der Waals surface area contributed by atoms with E-state index in [1.165, 1.54) is 0 Å². The number of hydrogen-bond acceptors (Lipinski definition) is 5. The summed E-state index contributed by atoms with van der Waals surface area (Å²) in [6.07, 6.45) is -1.02. The Labute approximate surface area is 109 Å². The normalized spacial score (nSPS) is 11.3. The standard InChI is InChI=1S/C10H14FN3O4S/c1-6-4-7(11)9(5-8(6)12)19(16,17)14-2-3-18-10(13)15/h4-5,14H,2-3,12H2,1H3,(H2,13,15). The Kier molecular flexibility index (Phi) is 4.67. The molecule has 9 heteroatoms. The smallest absolute Gasteiger partial charge is 0.404 e. The van der Waals surface area contributed by atoms with Gasteiger partial charge >= 0.3 is 6.09 Å². The first kappa shape index (κ1) is 15.2. The van der Waals surface area contributed by atoms with Crippen LogP contribution in [-0.2, 0) is 14.8 Å². The van der Waals surface area contributed by atoms with Crippen molar-refractivity contribution in [1.29, 1.82) is 0 Å². The minimum Gasteiger partial charge on any atom is -0.448 e. The van der Waals surface area contributed by atoms with Crippen molar-refractivity contribution >= 4 is 21.8 Å². The van der Waals surface area contributed by atoms with Gasteiger partial charge in [0.1, 0.15) is 17.3 Å². The van der Waals surface area contributed by atoms with E-state index >= 15 is 0 Å². The molecular formula is C10H14FN3O4S. The molecule has 106 valence electrons. The maximum absolute atomic E-state index is 13.6. The Morgan fingerprint density at radius 3 is 2.68 bits per heavy atom. The molecule has 0 aliphatic carbocycles. The highest BCUT2D eigenvalue weighted by Crippen LogP contribution is 2.21. The van der Waals surface area contributed by atoms with Crippen LogP contribution >= 0.6 is 0 Å². The monoisotopic (exact) mass is 291 g/mol. The van der Waals surface area contributed by atoms with Crippen LogP contribution in [0.1, 0.15) is 5.56 Å². The number of aryl methyl sites for hydroxylation is 1. The molecule has 0 bridgehead atoms. The highest BCUT2D eigenvalue weighted by molar-refractivity contribution is 7.89. The van der Waals surface area contributed by atoms with Gasteiger partial charge in [-0.1, -0.05) is 0 Å². The highest BCUT2D eigenvalue weighted by Gasteiger charge is 2.20. The second-order valence-corrected chi connectivity index (χ2v) is 5.44. The van der Waals surface area contributed by atoms with E-state index in [0.29, 0.717) is 5.56 Å². The summed E-state index contributed by atoms with van der Waals surface area (Å²) in [5.41, 5.74) is 10.8. The Hall–Kier alpha value is -1.87. The third-order valence-corrected chi connectivity index (χ3v) is 3.72. The molecule has 0 radical (unpaired) electrons. The van der Waals surface area contributed by atoms with E-state index in [9.17, 15) is 17.6 Å². The largest absolute Gasteiger partial charge is 0.448 e. The van der Waals surface area contributed by atoms with Crippen molar-refractivity contribution in [1.82, 2.24) is 4.72 Å². The van der Waals surface area contributed by atoms with Crippen molar-refractivity contribution < 1.29 is 22.3 Å². The molecule has 0 aromatic heterocycles. The van der Waals surface area contributed by atoms with Gasteiger partial charge in [-0.2, -0.15) is 0 Å². The molecule has 1 amide bonds. The summed E-state index contributed by atoms with van der Waals surface area (Å²) < 4.78 is 43.6. The molecule has 0 atom stereocenters. The van der Waals surface area contributed by atoms with Crippen LogP contribution in [-0.4, -0.2) is 27.7 Å². The van der Waals surface area contributed by atoms with Gasteiger partial charge in [0.25, 0.3) is 0 Å². The lowest BCUT2D eigenvalue weighted by Gasteiger charge is -2.09. The maximum atomic E-state index is 13.6. The number of ether oxygens (including phenoxy) is 1. The van der Waals surface area contributed by atoms with Gasteiger partial charge in [-0.15, -0.1) is 0 Å². The van der Waals surface area contributed by atoms with E-state index < -0.39 is 26.8 Å². The number of nitrogen functional groups attached to an aromatic ring is 1. The zero-order chi connectivity index (χ0) is 14.6. The van der Waals surface area contributed by atoms with E-state index in [1.807, 2.05) is 0 Å². The summed E-state index contributed by atoms with van der Waals surface area (Å²) in [6.45, 7) is 1.08. The molecule has 0 fully saturated rings. The molecule has 0 aliphatic heterocycles. The van der Waals surface area contributed by atoms with Gasteiger partial charge in [-0.3, -0.25) is 0 Å².